The predicted molar refractivity (Wildman–Crippen MR) is 117 cm³/mol. The molecule has 5 fully saturated rings. The summed E-state index contributed by atoms with van der Waals surface area (Å²) in [5, 5.41) is 6.22. The first kappa shape index (κ1) is 20.3. The molecule has 6 rings (SSSR count). The fourth-order valence-electron chi connectivity index (χ4n) is 6.86. The van der Waals surface area contributed by atoms with Crippen LogP contribution in [0.1, 0.15) is 69.1 Å². The number of nitrogens with one attached hydrogen (secondary N) is 1. The van der Waals surface area contributed by atoms with Crippen LogP contribution in [0, 0.1) is 23.2 Å². The van der Waals surface area contributed by atoms with Gasteiger partial charge in [-0.15, -0.1) is 11.3 Å². The third kappa shape index (κ3) is 3.63. The minimum Gasteiger partial charge on any atom is -0.339 e. The maximum atomic E-state index is 13.5. The molecule has 6 nitrogen and oxygen atoms in total. The van der Waals surface area contributed by atoms with Crippen molar-refractivity contribution in [2.45, 2.75) is 64.8 Å². The molecule has 3 amide bonds. The second kappa shape index (κ2) is 7.81. The van der Waals surface area contributed by atoms with E-state index in [1.165, 1.54) is 19.3 Å². The number of aryl methyl sites for hydroxylation is 1. The average molecular weight is 431 g/mol. The standard InChI is InChI=1S/C23H34N4O2S/c1-3-20-25-19(14-30-20)15(2)24-22(29)27-6-4-26(5-7-27)21(28)23-11-16-8-17(12-23)10-18(9-16)13-23/h14-18H,3-13H2,1-2H3,(H,24,29). The van der Waals surface area contributed by atoms with Gasteiger partial charge in [0.25, 0.3) is 0 Å². The molecule has 0 aromatic carbocycles. The first-order valence-corrected chi connectivity index (χ1v) is 12.6. The summed E-state index contributed by atoms with van der Waals surface area (Å²) < 4.78 is 0. The quantitative estimate of drug-likeness (QED) is 0.789. The lowest BCUT2D eigenvalue weighted by Gasteiger charge is -2.57. The Labute approximate surface area is 183 Å². The van der Waals surface area contributed by atoms with Crippen molar-refractivity contribution >= 4 is 23.3 Å². The topological polar surface area (TPSA) is 65.5 Å². The van der Waals surface area contributed by atoms with E-state index < -0.39 is 0 Å². The van der Waals surface area contributed by atoms with Crippen LogP contribution >= 0.6 is 11.3 Å². The first-order chi connectivity index (χ1) is 14.5. The zero-order valence-corrected chi connectivity index (χ0v) is 19.0. The summed E-state index contributed by atoms with van der Waals surface area (Å²) in [6, 6.07) is -0.142. The van der Waals surface area contributed by atoms with Gasteiger partial charge in [-0.2, -0.15) is 0 Å². The third-order valence-electron chi connectivity index (χ3n) is 8.00. The van der Waals surface area contributed by atoms with Gasteiger partial charge in [-0.25, -0.2) is 9.78 Å². The summed E-state index contributed by atoms with van der Waals surface area (Å²) >= 11 is 1.65. The monoisotopic (exact) mass is 430 g/mol. The minimum atomic E-state index is -0.0965. The van der Waals surface area contributed by atoms with Crippen LogP contribution in [0.5, 0.6) is 0 Å². The lowest BCUT2D eigenvalue weighted by atomic mass is 9.49. The molecule has 7 heteroatoms. The van der Waals surface area contributed by atoms with Crippen molar-refractivity contribution in [3.8, 4) is 0 Å². The highest BCUT2D eigenvalue weighted by atomic mass is 32.1. The number of amides is 3. The molecule has 1 saturated heterocycles. The number of nitrogens with zero attached hydrogens (tertiary/aromatic N) is 3. The Bertz CT molecular complexity index is 779. The van der Waals surface area contributed by atoms with Crippen LogP contribution in [-0.2, 0) is 11.2 Å². The molecule has 4 saturated carbocycles. The second-order valence-corrected chi connectivity index (χ2v) is 11.1. The first-order valence-electron chi connectivity index (χ1n) is 11.7. The van der Waals surface area contributed by atoms with E-state index >= 15 is 0 Å². The van der Waals surface area contributed by atoms with E-state index in [2.05, 4.69) is 22.1 Å². The molecular formula is C23H34N4O2S. The largest absolute Gasteiger partial charge is 0.339 e. The Kier molecular flexibility index (Phi) is 5.28. The number of hydrogen-bond acceptors (Lipinski definition) is 4. The van der Waals surface area contributed by atoms with E-state index in [4.69, 9.17) is 0 Å². The fraction of sp³-hybridized carbons (Fsp3) is 0.783. The molecule has 1 N–H and O–H groups in total. The molecule has 1 atom stereocenters. The highest BCUT2D eigenvalue weighted by Crippen LogP contribution is 2.60. The van der Waals surface area contributed by atoms with Gasteiger partial charge in [0.1, 0.15) is 0 Å². The van der Waals surface area contributed by atoms with Gasteiger partial charge in [0.2, 0.25) is 5.91 Å². The van der Waals surface area contributed by atoms with Crippen molar-refractivity contribution < 1.29 is 9.59 Å². The molecule has 1 aliphatic heterocycles. The second-order valence-electron chi connectivity index (χ2n) is 10.2. The van der Waals surface area contributed by atoms with Gasteiger partial charge in [-0.3, -0.25) is 4.79 Å². The molecule has 1 unspecified atom stereocenters. The molecule has 30 heavy (non-hydrogen) atoms. The Balaban J connectivity index is 1.15. The molecule has 4 aliphatic carbocycles. The number of piperazine rings is 1. The number of urea groups is 1. The maximum Gasteiger partial charge on any atom is 0.318 e. The van der Waals surface area contributed by atoms with E-state index in [1.54, 1.807) is 11.3 Å². The number of rotatable bonds is 4. The summed E-state index contributed by atoms with van der Waals surface area (Å²) in [5.74, 6) is 2.75. The number of aromatic nitrogens is 1. The van der Waals surface area contributed by atoms with E-state index in [-0.39, 0.29) is 17.5 Å². The van der Waals surface area contributed by atoms with E-state index in [0.717, 1.165) is 54.1 Å². The van der Waals surface area contributed by atoms with Crippen LogP contribution in [0.3, 0.4) is 0 Å². The van der Waals surface area contributed by atoms with Gasteiger partial charge in [-0.05, 0) is 69.6 Å². The molecule has 164 valence electrons. The molecule has 1 aromatic rings. The lowest BCUT2D eigenvalue weighted by Crippen LogP contribution is -2.59. The van der Waals surface area contributed by atoms with Crippen molar-refractivity contribution in [3.05, 3.63) is 16.1 Å². The van der Waals surface area contributed by atoms with Gasteiger partial charge < -0.3 is 15.1 Å². The summed E-state index contributed by atoms with van der Waals surface area (Å²) in [6.45, 7) is 6.65. The van der Waals surface area contributed by atoms with Crippen LogP contribution in [-0.4, -0.2) is 52.9 Å². The SMILES string of the molecule is CCc1nc(C(C)NC(=O)N2CCN(C(=O)C34CC5CC(CC(C5)C3)C4)CC2)cs1. The summed E-state index contributed by atoms with van der Waals surface area (Å²) in [4.78, 5) is 34.8. The van der Waals surface area contributed by atoms with Crippen molar-refractivity contribution in [2.24, 2.45) is 23.2 Å². The van der Waals surface area contributed by atoms with Crippen LogP contribution in [0.15, 0.2) is 5.38 Å². The number of carbonyl (C=O) groups is 2. The van der Waals surface area contributed by atoms with Gasteiger partial charge in [-0.1, -0.05) is 6.92 Å². The van der Waals surface area contributed by atoms with E-state index in [0.29, 0.717) is 32.1 Å². The molecule has 1 aromatic heterocycles. The molecule has 0 spiro atoms. The Hall–Kier alpha value is -1.63. The average Bonchev–Trinajstić information content (AvgIpc) is 3.22. The maximum absolute atomic E-state index is 13.5. The van der Waals surface area contributed by atoms with Crippen LogP contribution in [0.4, 0.5) is 4.79 Å². The third-order valence-corrected chi connectivity index (χ3v) is 9.01. The number of thiazole rings is 1. The van der Waals surface area contributed by atoms with Gasteiger partial charge in [0.15, 0.2) is 0 Å². The number of hydrogen-bond donors (Lipinski definition) is 1. The van der Waals surface area contributed by atoms with Crippen molar-refractivity contribution in [3.63, 3.8) is 0 Å². The zero-order valence-electron chi connectivity index (χ0n) is 18.2. The van der Waals surface area contributed by atoms with Gasteiger partial charge in [0, 0.05) is 31.6 Å². The summed E-state index contributed by atoms with van der Waals surface area (Å²) in [7, 11) is 0. The van der Waals surface area contributed by atoms with Crippen molar-refractivity contribution in [2.75, 3.05) is 26.2 Å². The molecular weight excluding hydrogens is 396 g/mol. The smallest absolute Gasteiger partial charge is 0.318 e. The van der Waals surface area contributed by atoms with Gasteiger partial charge >= 0.3 is 6.03 Å². The lowest BCUT2D eigenvalue weighted by molar-refractivity contribution is -0.159. The van der Waals surface area contributed by atoms with E-state index in [9.17, 15) is 9.59 Å². The van der Waals surface area contributed by atoms with Crippen molar-refractivity contribution in [1.29, 1.82) is 0 Å². The molecule has 4 bridgehead atoms. The predicted octanol–water partition coefficient (Wildman–Crippen LogP) is 3.84. The molecule has 0 radical (unpaired) electrons. The van der Waals surface area contributed by atoms with Crippen molar-refractivity contribution in [1.82, 2.24) is 20.1 Å². The van der Waals surface area contributed by atoms with Gasteiger partial charge in [0.05, 0.1) is 22.2 Å². The Morgan fingerprint density at radius 1 is 1.10 bits per heavy atom. The van der Waals surface area contributed by atoms with Crippen LogP contribution in [0.25, 0.3) is 0 Å². The Morgan fingerprint density at radius 3 is 2.20 bits per heavy atom. The van der Waals surface area contributed by atoms with E-state index in [1.807, 2.05) is 17.2 Å². The fourth-order valence-corrected chi connectivity index (χ4v) is 7.70. The minimum absolute atomic E-state index is 0.0459. The normalized spacial score (nSPS) is 33.6. The van der Waals surface area contributed by atoms with Crippen LogP contribution in [0.2, 0.25) is 0 Å². The number of carbonyl (C=O) groups excluding carboxylic acids is 2. The summed E-state index contributed by atoms with van der Waals surface area (Å²) in [5.41, 5.74) is 0.857. The Morgan fingerprint density at radius 2 is 1.67 bits per heavy atom. The summed E-state index contributed by atoms with van der Waals surface area (Å²) in [6.07, 6.45) is 8.34. The highest BCUT2D eigenvalue weighted by molar-refractivity contribution is 7.09. The molecule has 5 aliphatic rings. The molecule has 2 heterocycles. The van der Waals surface area contributed by atoms with Crippen LogP contribution < -0.4 is 5.32 Å². The zero-order chi connectivity index (χ0) is 20.9. The highest BCUT2D eigenvalue weighted by Gasteiger charge is 2.55.